The van der Waals surface area contributed by atoms with Gasteiger partial charge in [0.05, 0.1) is 0 Å². The fourth-order valence-corrected chi connectivity index (χ4v) is 2.61. The van der Waals surface area contributed by atoms with Crippen LogP contribution in [0.25, 0.3) is 11.4 Å². The Morgan fingerprint density at radius 1 is 1.42 bits per heavy atom. The summed E-state index contributed by atoms with van der Waals surface area (Å²) >= 11 is 0. The molecule has 2 amide bonds. The molecule has 0 saturated carbocycles. The van der Waals surface area contributed by atoms with Crippen LogP contribution >= 0.6 is 0 Å². The number of pyridine rings is 1. The van der Waals surface area contributed by atoms with Crippen molar-refractivity contribution in [3.63, 3.8) is 0 Å². The van der Waals surface area contributed by atoms with Crippen molar-refractivity contribution in [3.8, 4) is 11.4 Å². The van der Waals surface area contributed by atoms with Gasteiger partial charge in [-0.05, 0) is 31.9 Å². The maximum atomic E-state index is 12.4. The predicted molar refractivity (Wildman–Crippen MR) is 86.1 cm³/mol. The molecule has 3 heterocycles. The number of rotatable bonds is 4. The van der Waals surface area contributed by atoms with E-state index in [1.165, 1.54) is 0 Å². The number of nitrogens with zero attached hydrogens (tertiary/aromatic N) is 4. The number of hydrogen-bond donors (Lipinski definition) is 1. The number of ether oxygens (including phenoxy) is 1. The molecule has 0 unspecified atom stereocenters. The standard InChI is InChI=1S/C16H21N5O3/c1-11(18-16(22)21(2)13-5-8-23-9-6-13)15-19-14(20-24-15)12-4-3-7-17-10-12/h3-4,7,10-11,13H,5-6,8-9H2,1-2H3,(H,18,22)/t11-/m1/s1. The fourth-order valence-electron chi connectivity index (χ4n) is 2.61. The Balaban J connectivity index is 1.61. The van der Waals surface area contributed by atoms with Gasteiger partial charge < -0.3 is 19.5 Å². The lowest BCUT2D eigenvalue weighted by atomic mass is 10.1. The summed E-state index contributed by atoms with van der Waals surface area (Å²) in [5, 5.41) is 6.83. The van der Waals surface area contributed by atoms with E-state index in [0.29, 0.717) is 24.9 Å². The highest BCUT2D eigenvalue weighted by Crippen LogP contribution is 2.18. The van der Waals surface area contributed by atoms with Crippen molar-refractivity contribution in [2.24, 2.45) is 0 Å². The number of carbonyl (C=O) groups excluding carboxylic acids is 1. The van der Waals surface area contributed by atoms with Gasteiger partial charge in [0, 0.05) is 44.3 Å². The van der Waals surface area contributed by atoms with Crippen molar-refractivity contribution in [2.45, 2.75) is 31.8 Å². The Morgan fingerprint density at radius 3 is 2.92 bits per heavy atom. The first-order chi connectivity index (χ1) is 11.6. The minimum atomic E-state index is -0.377. The average molecular weight is 331 g/mol. The topological polar surface area (TPSA) is 93.4 Å². The van der Waals surface area contributed by atoms with E-state index in [-0.39, 0.29) is 18.1 Å². The molecule has 1 aliphatic heterocycles. The van der Waals surface area contributed by atoms with Gasteiger partial charge in [0.25, 0.3) is 0 Å². The van der Waals surface area contributed by atoms with Crippen molar-refractivity contribution < 1.29 is 14.1 Å². The molecule has 1 atom stereocenters. The molecule has 3 rings (SSSR count). The first kappa shape index (κ1) is 16.4. The van der Waals surface area contributed by atoms with E-state index in [1.807, 2.05) is 13.0 Å². The van der Waals surface area contributed by atoms with E-state index in [2.05, 4.69) is 20.4 Å². The molecule has 2 aromatic heterocycles. The number of amides is 2. The molecule has 8 heteroatoms. The van der Waals surface area contributed by atoms with Crippen LogP contribution in [0, 0.1) is 0 Å². The van der Waals surface area contributed by atoms with Crippen LogP contribution in [0.3, 0.4) is 0 Å². The van der Waals surface area contributed by atoms with E-state index < -0.39 is 0 Å². The third-order valence-corrected chi connectivity index (χ3v) is 4.13. The Morgan fingerprint density at radius 2 is 2.21 bits per heavy atom. The van der Waals surface area contributed by atoms with E-state index in [1.54, 1.807) is 30.4 Å². The van der Waals surface area contributed by atoms with Crippen LogP contribution in [0.15, 0.2) is 29.0 Å². The van der Waals surface area contributed by atoms with Gasteiger partial charge in [-0.2, -0.15) is 4.98 Å². The maximum absolute atomic E-state index is 12.4. The number of nitrogens with one attached hydrogen (secondary N) is 1. The van der Waals surface area contributed by atoms with Crippen molar-refractivity contribution in [1.29, 1.82) is 0 Å². The smallest absolute Gasteiger partial charge is 0.318 e. The van der Waals surface area contributed by atoms with Crippen molar-refractivity contribution in [3.05, 3.63) is 30.4 Å². The molecular weight excluding hydrogens is 310 g/mol. The number of hydrogen-bond acceptors (Lipinski definition) is 6. The molecule has 0 aromatic carbocycles. The summed E-state index contributed by atoms with van der Waals surface area (Å²) in [5.74, 6) is 0.819. The van der Waals surface area contributed by atoms with Crippen LogP contribution in [0.1, 0.15) is 31.7 Å². The van der Waals surface area contributed by atoms with Crippen LogP contribution in [0.5, 0.6) is 0 Å². The average Bonchev–Trinajstić information content (AvgIpc) is 3.13. The summed E-state index contributed by atoms with van der Waals surface area (Å²) in [6, 6.07) is 3.32. The summed E-state index contributed by atoms with van der Waals surface area (Å²) in [6.07, 6.45) is 5.05. The molecular formula is C16H21N5O3. The Hall–Kier alpha value is -2.48. The van der Waals surface area contributed by atoms with Gasteiger partial charge in [-0.3, -0.25) is 4.98 Å². The predicted octanol–water partition coefficient (Wildman–Crippen LogP) is 2.01. The van der Waals surface area contributed by atoms with Gasteiger partial charge in [-0.15, -0.1) is 0 Å². The molecule has 0 bridgehead atoms. The van der Waals surface area contributed by atoms with Crippen LogP contribution in [0.2, 0.25) is 0 Å². The SMILES string of the molecule is C[C@@H](NC(=O)N(C)C1CCOCC1)c1nc(-c2cccnc2)no1. The molecule has 1 fully saturated rings. The summed E-state index contributed by atoms with van der Waals surface area (Å²) in [5.41, 5.74) is 0.769. The molecule has 0 radical (unpaired) electrons. The second kappa shape index (κ2) is 7.39. The first-order valence-corrected chi connectivity index (χ1v) is 8.00. The normalized spacial score (nSPS) is 16.6. The van der Waals surface area contributed by atoms with Gasteiger partial charge in [0.15, 0.2) is 0 Å². The van der Waals surface area contributed by atoms with Gasteiger partial charge in [-0.25, -0.2) is 4.79 Å². The van der Waals surface area contributed by atoms with Crippen LogP contribution in [-0.2, 0) is 4.74 Å². The van der Waals surface area contributed by atoms with Gasteiger partial charge in [0.1, 0.15) is 6.04 Å². The Kier molecular flexibility index (Phi) is 5.05. The third kappa shape index (κ3) is 3.70. The minimum absolute atomic E-state index is 0.157. The largest absolute Gasteiger partial charge is 0.381 e. The second-order valence-corrected chi connectivity index (χ2v) is 5.82. The van der Waals surface area contributed by atoms with Crippen LogP contribution < -0.4 is 5.32 Å². The molecule has 0 aliphatic carbocycles. The zero-order valence-electron chi connectivity index (χ0n) is 13.8. The van der Waals surface area contributed by atoms with Crippen LogP contribution in [-0.4, -0.2) is 52.4 Å². The van der Waals surface area contributed by atoms with Crippen molar-refractivity contribution >= 4 is 6.03 Å². The van der Waals surface area contributed by atoms with E-state index in [9.17, 15) is 4.79 Å². The fraction of sp³-hybridized carbons (Fsp3) is 0.500. The highest BCUT2D eigenvalue weighted by atomic mass is 16.5. The molecule has 1 saturated heterocycles. The minimum Gasteiger partial charge on any atom is -0.381 e. The van der Waals surface area contributed by atoms with E-state index >= 15 is 0 Å². The summed E-state index contributed by atoms with van der Waals surface area (Å²) in [6.45, 7) is 3.20. The molecule has 128 valence electrons. The first-order valence-electron chi connectivity index (χ1n) is 8.00. The maximum Gasteiger partial charge on any atom is 0.318 e. The molecule has 1 aliphatic rings. The lowest BCUT2D eigenvalue weighted by Gasteiger charge is -2.31. The third-order valence-electron chi connectivity index (χ3n) is 4.13. The lowest BCUT2D eigenvalue weighted by Crippen LogP contribution is -2.46. The second-order valence-electron chi connectivity index (χ2n) is 5.82. The highest BCUT2D eigenvalue weighted by Gasteiger charge is 2.25. The lowest BCUT2D eigenvalue weighted by molar-refractivity contribution is 0.0521. The summed E-state index contributed by atoms with van der Waals surface area (Å²) in [7, 11) is 1.80. The number of urea groups is 1. The monoisotopic (exact) mass is 331 g/mol. The van der Waals surface area contributed by atoms with Crippen LogP contribution in [0.4, 0.5) is 4.79 Å². The van der Waals surface area contributed by atoms with Gasteiger partial charge >= 0.3 is 6.03 Å². The molecule has 0 spiro atoms. The molecule has 8 nitrogen and oxygen atoms in total. The quantitative estimate of drug-likeness (QED) is 0.921. The van der Waals surface area contributed by atoms with Crippen molar-refractivity contribution in [1.82, 2.24) is 25.3 Å². The summed E-state index contributed by atoms with van der Waals surface area (Å²) < 4.78 is 10.6. The zero-order valence-corrected chi connectivity index (χ0v) is 13.8. The Labute approximate surface area is 140 Å². The van der Waals surface area contributed by atoms with Crippen molar-refractivity contribution in [2.75, 3.05) is 20.3 Å². The van der Waals surface area contributed by atoms with Gasteiger partial charge in [-0.1, -0.05) is 5.16 Å². The van der Waals surface area contributed by atoms with E-state index in [4.69, 9.17) is 9.26 Å². The van der Waals surface area contributed by atoms with E-state index in [0.717, 1.165) is 18.4 Å². The number of aromatic nitrogens is 3. The Bertz CT molecular complexity index is 669. The highest BCUT2D eigenvalue weighted by molar-refractivity contribution is 5.74. The zero-order chi connectivity index (χ0) is 16.9. The number of carbonyl (C=O) groups is 1. The molecule has 24 heavy (non-hydrogen) atoms. The summed E-state index contributed by atoms with van der Waals surface area (Å²) in [4.78, 5) is 22.5. The molecule has 1 N–H and O–H groups in total. The molecule has 2 aromatic rings. The van der Waals surface area contributed by atoms with Gasteiger partial charge in [0.2, 0.25) is 11.7 Å².